The van der Waals surface area contributed by atoms with Crippen LogP contribution in [0, 0.1) is 0 Å². The van der Waals surface area contributed by atoms with Gasteiger partial charge in [-0.15, -0.1) is 11.3 Å². The van der Waals surface area contributed by atoms with Crippen LogP contribution in [0.5, 0.6) is 0 Å². The van der Waals surface area contributed by atoms with Gasteiger partial charge in [-0.25, -0.2) is 4.98 Å². The van der Waals surface area contributed by atoms with E-state index in [-0.39, 0.29) is 17.5 Å². The Hall–Kier alpha value is -1.64. The summed E-state index contributed by atoms with van der Waals surface area (Å²) in [6.07, 6.45) is 2.87. The lowest BCUT2D eigenvalue weighted by atomic mass is 10.2. The van der Waals surface area contributed by atoms with E-state index in [2.05, 4.69) is 27.4 Å². The minimum Gasteiger partial charge on any atom is -0.334 e. The van der Waals surface area contributed by atoms with Crippen molar-refractivity contribution in [2.45, 2.75) is 43.9 Å². The number of hydrogen-bond acceptors (Lipinski definition) is 5. The Kier molecular flexibility index (Phi) is 6.41. The standard InChI is InChI=1S/C21H22BrN3O2S2/c1-2-9-25-20(27)15-12-14(22)7-8-16(15)23-21(25)29-13-19(26)24-10-3-5-17(24)18-6-4-11-28-18/h4,6-8,11-12,17H,2-3,5,9-10,13H2,1H3. The number of nitrogens with zero attached hydrogens (tertiary/aromatic N) is 3. The van der Waals surface area contributed by atoms with Crippen LogP contribution in [0.3, 0.4) is 0 Å². The Morgan fingerprint density at radius 2 is 2.24 bits per heavy atom. The third-order valence-corrected chi connectivity index (χ3v) is 7.53. The molecule has 4 rings (SSSR count). The summed E-state index contributed by atoms with van der Waals surface area (Å²) in [5.74, 6) is 0.402. The number of thioether (sulfide) groups is 1. The van der Waals surface area contributed by atoms with E-state index >= 15 is 0 Å². The molecule has 1 saturated heterocycles. The highest BCUT2D eigenvalue weighted by Gasteiger charge is 2.30. The lowest BCUT2D eigenvalue weighted by Gasteiger charge is -2.24. The van der Waals surface area contributed by atoms with E-state index in [1.807, 2.05) is 36.1 Å². The van der Waals surface area contributed by atoms with Crippen molar-refractivity contribution in [2.24, 2.45) is 0 Å². The van der Waals surface area contributed by atoms with Crippen molar-refractivity contribution in [1.82, 2.24) is 14.5 Å². The molecule has 1 unspecified atom stereocenters. The molecular formula is C21H22BrN3O2S2. The number of fused-ring (bicyclic) bond motifs is 1. The number of hydrogen-bond donors (Lipinski definition) is 0. The maximum Gasteiger partial charge on any atom is 0.262 e. The molecule has 8 heteroatoms. The van der Waals surface area contributed by atoms with Gasteiger partial charge in [-0.1, -0.05) is 40.7 Å². The van der Waals surface area contributed by atoms with Crippen molar-refractivity contribution >= 4 is 55.8 Å². The maximum absolute atomic E-state index is 13.0. The number of likely N-dealkylation sites (tertiary alicyclic amines) is 1. The van der Waals surface area contributed by atoms with Gasteiger partial charge in [0.15, 0.2) is 5.16 Å². The van der Waals surface area contributed by atoms with E-state index in [1.165, 1.54) is 16.6 Å². The number of carbonyl (C=O) groups excluding carboxylic acids is 1. The highest BCUT2D eigenvalue weighted by atomic mass is 79.9. The number of rotatable bonds is 6. The van der Waals surface area contributed by atoms with Gasteiger partial charge in [0.1, 0.15) is 0 Å². The Balaban J connectivity index is 1.57. The van der Waals surface area contributed by atoms with Gasteiger partial charge >= 0.3 is 0 Å². The van der Waals surface area contributed by atoms with Gasteiger partial charge in [0, 0.05) is 22.4 Å². The molecule has 3 aromatic rings. The van der Waals surface area contributed by atoms with Crippen LogP contribution < -0.4 is 5.56 Å². The van der Waals surface area contributed by atoms with Crippen molar-refractivity contribution in [3.63, 3.8) is 0 Å². The number of amides is 1. The molecule has 5 nitrogen and oxygen atoms in total. The summed E-state index contributed by atoms with van der Waals surface area (Å²) in [7, 11) is 0. The first-order chi connectivity index (χ1) is 14.1. The van der Waals surface area contributed by atoms with Crippen molar-refractivity contribution in [2.75, 3.05) is 12.3 Å². The van der Waals surface area contributed by atoms with Gasteiger partial charge in [-0.3, -0.25) is 14.2 Å². The minimum absolute atomic E-state index is 0.0502. The zero-order chi connectivity index (χ0) is 20.4. The SMILES string of the molecule is CCCn1c(SCC(=O)N2CCCC2c2cccs2)nc2ccc(Br)cc2c1=O. The van der Waals surface area contributed by atoms with Gasteiger partial charge in [0.05, 0.1) is 22.7 Å². The quantitative estimate of drug-likeness (QED) is 0.356. The van der Waals surface area contributed by atoms with E-state index in [1.54, 1.807) is 15.9 Å². The minimum atomic E-state index is -0.0502. The molecule has 0 aliphatic carbocycles. The molecule has 29 heavy (non-hydrogen) atoms. The molecule has 1 atom stereocenters. The summed E-state index contributed by atoms with van der Waals surface area (Å²) in [6.45, 7) is 3.42. The van der Waals surface area contributed by atoms with Crippen LogP contribution in [0.25, 0.3) is 10.9 Å². The molecule has 1 aliphatic rings. The summed E-state index contributed by atoms with van der Waals surface area (Å²) in [6, 6.07) is 9.87. The molecule has 152 valence electrons. The first kappa shape index (κ1) is 20.6. The Bertz CT molecular complexity index is 1080. The second kappa shape index (κ2) is 9.02. The first-order valence-electron chi connectivity index (χ1n) is 9.74. The molecule has 1 fully saturated rings. The monoisotopic (exact) mass is 491 g/mol. The molecule has 1 amide bonds. The lowest BCUT2D eigenvalue weighted by Crippen LogP contribution is -2.32. The predicted octanol–water partition coefficient (Wildman–Crippen LogP) is 5.09. The zero-order valence-corrected chi connectivity index (χ0v) is 19.4. The molecular weight excluding hydrogens is 470 g/mol. The number of thiophene rings is 1. The molecule has 0 spiro atoms. The van der Waals surface area contributed by atoms with Gasteiger partial charge in [-0.2, -0.15) is 0 Å². The predicted molar refractivity (Wildman–Crippen MR) is 123 cm³/mol. The summed E-state index contributed by atoms with van der Waals surface area (Å²) in [5.41, 5.74) is 0.615. The molecule has 1 aliphatic heterocycles. The Morgan fingerprint density at radius 3 is 3.00 bits per heavy atom. The van der Waals surface area contributed by atoms with Crippen molar-refractivity contribution in [3.05, 3.63) is 55.4 Å². The third-order valence-electron chi connectivity index (χ3n) is 5.10. The van der Waals surface area contributed by atoms with Crippen LogP contribution in [0.2, 0.25) is 0 Å². The van der Waals surface area contributed by atoms with Crippen molar-refractivity contribution in [3.8, 4) is 0 Å². The molecule has 0 radical (unpaired) electrons. The summed E-state index contributed by atoms with van der Waals surface area (Å²) in [4.78, 5) is 33.9. The lowest BCUT2D eigenvalue weighted by molar-refractivity contribution is -0.129. The molecule has 0 bridgehead atoms. The van der Waals surface area contributed by atoms with Crippen LogP contribution in [-0.4, -0.2) is 32.7 Å². The smallest absolute Gasteiger partial charge is 0.262 e. The summed E-state index contributed by atoms with van der Waals surface area (Å²) in [5, 5.41) is 3.28. The number of benzene rings is 1. The van der Waals surface area contributed by atoms with E-state index in [4.69, 9.17) is 4.98 Å². The first-order valence-corrected chi connectivity index (χ1v) is 12.4. The fourth-order valence-corrected chi connectivity index (χ4v) is 5.90. The highest BCUT2D eigenvalue weighted by Crippen LogP contribution is 2.35. The largest absolute Gasteiger partial charge is 0.334 e. The topological polar surface area (TPSA) is 55.2 Å². The zero-order valence-electron chi connectivity index (χ0n) is 16.1. The van der Waals surface area contributed by atoms with Gasteiger partial charge in [0.2, 0.25) is 5.91 Å². The van der Waals surface area contributed by atoms with Crippen LogP contribution in [-0.2, 0) is 11.3 Å². The van der Waals surface area contributed by atoms with E-state index in [0.29, 0.717) is 28.4 Å². The number of aromatic nitrogens is 2. The Morgan fingerprint density at radius 1 is 1.38 bits per heavy atom. The van der Waals surface area contributed by atoms with E-state index < -0.39 is 0 Å². The molecule has 3 heterocycles. The molecule has 1 aromatic carbocycles. The van der Waals surface area contributed by atoms with Crippen molar-refractivity contribution < 1.29 is 4.79 Å². The van der Waals surface area contributed by atoms with Gasteiger partial charge < -0.3 is 4.90 Å². The molecule has 0 saturated carbocycles. The van der Waals surface area contributed by atoms with E-state index in [9.17, 15) is 9.59 Å². The van der Waals surface area contributed by atoms with Gasteiger partial charge in [-0.05, 0) is 48.9 Å². The van der Waals surface area contributed by atoms with Crippen LogP contribution in [0.1, 0.15) is 37.1 Å². The average Bonchev–Trinajstić information content (AvgIpc) is 3.40. The Labute approximate surface area is 186 Å². The van der Waals surface area contributed by atoms with Gasteiger partial charge in [0.25, 0.3) is 5.56 Å². The average molecular weight is 492 g/mol. The second-order valence-corrected chi connectivity index (χ2v) is 9.90. The third kappa shape index (κ3) is 4.29. The fourth-order valence-electron chi connectivity index (χ4n) is 3.75. The second-order valence-electron chi connectivity index (χ2n) is 7.06. The fraction of sp³-hybridized carbons (Fsp3) is 0.381. The molecule has 2 aromatic heterocycles. The highest BCUT2D eigenvalue weighted by molar-refractivity contribution is 9.10. The number of carbonyl (C=O) groups is 1. The summed E-state index contributed by atoms with van der Waals surface area (Å²) < 4.78 is 2.56. The molecule has 0 N–H and O–H groups in total. The van der Waals surface area contributed by atoms with E-state index in [0.717, 1.165) is 30.3 Å². The maximum atomic E-state index is 13.0. The van der Waals surface area contributed by atoms with Crippen LogP contribution in [0.4, 0.5) is 0 Å². The normalized spacial score (nSPS) is 16.6. The van der Waals surface area contributed by atoms with Crippen LogP contribution in [0.15, 0.2) is 50.1 Å². The van der Waals surface area contributed by atoms with Crippen LogP contribution >= 0.6 is 39.0 Å². The number of halogens is 1. The van der Waals surface area contributed by atoms with Crippen molar-refractivity contribution in [1.29, 1.82) is 0 Å². The summed E-state index contributed by atoms with van der Waals surface area (Å²) >= 11 is 6.50.